The quantitative estimate of drug-likeness (QED) is 0.656. The largest absolute Gasteiger partial charge is 0.338 e. The lowest BCUT2D eigenvalue weighted by Gasteiger charge is -2.32. The van der Waals surface area contributed by atoms with E-state index in [0.29, 0.717) is 48.9 Å². The predicted molar refractivity (Wildman–Crippen MR) is 125 cm³/mol. The first-order valence-corrected chi connectivity index (χ1v) is 12.5. The van der Waals surface area contributed by atoms with Crippen LogP contribution in [0.1, 0.15) is 37.0 Å². The number of nitrogens with zero attached hydrogens (tertiary/aromatic N) is 2. The summed E-state index contributed by atoms with van der Waals surface area (Å²) in [7, 11) is -3.54. The van der Waals surface area contributed by atoms with Gasteiger partial charge in [0.2, 0.25) is 15.9 Å². The average Bonchev–Trinajstić information content (AvgIpc) is 2.80. The molecular formula is C23H28ClN3O4S. The van der Waals surface area contributed by atoms with Crippen LogP contribution in [0.15, 0.2) is 53.4 Å². The molecule has 0 aliphatic carbocycles. The molecule has 1 aliphatic heterocycles. The molecule has 0 bridgehead atoms. The molecule has 3 rings (SSSR count). The molecule has 1 saturated heterocycles. The monoisotopic (exact) mass is 477 g/mol. The van der Waals surface area contributed by atoms with Gasteiger partial charge in [0.25, 0.3) is 5.91 Å². The second kappa shape index (κ2) is 10.5. The van der Waals surface area contributed by atoms with Gasteiger partial charge in [-0.15, -0.1) is 0 Å². The van der Waals surface area contributed by atoms with Crippen LogP contribution < -0.4 is 5.32 Å². The van der Waals surface area contributed by atoms with Gasteiger partial charge in [-0.2, -0.15) is 4.31 Å². The third-order valence-electron chi connectivity index (χ3n) is 5.64. The second-order valence-electron chi connectivity index (χ2n) is 7.70. The van der Waals surface area contributed by atoms with Gasteiger partial charge in [-0.25, -0.2) is 8.42 Å². The smallest absolute Gasteiger partial charge is 0.253 e. The van der Waals surface area contributed by atoms with Crippen LogP contribution >= 0.6 is 11.6 Å². The molecule has 0 aromatic heterocycles. The van der Waals surface area contributed by atoms with Crippen molar-refractivity contribution < 1.29 is 18.0 Å². The van der Waals surface area contributed by atoms with Crippen molar-refractivity contribution >= 4 is 39.1 Å². The third kappa shape index (κ3) is 5.49. The maximum atomic E-state index is 12.8. The zero-order valence-corrected chi connectivity index (χ0v) is 19.8. The van der Waals surface area contributed by atoms with E-state index >= 15 is 0 Å². The minimum Gasteiger partial charge on any atom is -0.338 e. The standard InChI is InChI=1S/C23H28ClN3O4S/c1-3-27(4-2)32(30,31)21-13-11-20(12-14-21)25-22(28)18-6-5-15-26(16-18)23(29)17-7-9-19(24)10-8-17/h7-14,18H,3-6,15-16H2,1-2H3,(H,25,28)/t18-/m0/s1. The summed E-state index contributed by atoms with van der Waals surface area (Å²) in [6.07, 6.45) is 1.42. The normalized spacial score (nSPS) is 16.8. The first-order chi connectivity index (χ1) is 15.3. The molecule has 2 amide bonds. The summed E-state index contributed by atoms with van der Waals surface area (Å²) in [6.45, 7) is 5.31. The number of amides is 2. The minimum atomic E-state index is -3.54. The molecule has 7 nitrogen and oxygen atoms in total. The lowest BCUT2D eigenvalue weighted by molar-refractivity contribution is -0.121. The average molecular weight is 478 g/mol. The van der Waals surface area contributed by atoms with Crippen molar-refractivity contribution in [1.82, 2.24) is 9.21 Å². The molecule has 1 N–H and O–H groups in total. The number of nitrogens with one attached hydrogen (secondary N) is 1. The van der Waals surface area contributed by atoms with Crippen LogP contribution in [0, 0.1) is 5.92 Å². The zero-order chi connectivity index (χ0) is 23.3. The van der Waals surface area contributed by atoms with E-state index in [0.717, 1.165) is 6.42 Å². The van der Waals surface area contributed by atoms with Crippen LogP contribution in [-0.4, -0.2) is 55.6 Å². The molecule has 0 radical (unpaired) electrons. The van der Waals surface area contributed by atoms with Crippen LogP contribution in [0.3, 0.4) is 0 Å². The van der Waals surface area contributed by atoms with E-state index in [-0.39, 0.29) is 22.6 Å². The lowest BCUT2D eigenvalue weighted by Crippen LogP contribution is -2.43. The maximum Gasteiger partial charge on any atom is 0.253 e. The number of carbonyl (C=O) groups excluding carboxylic acids is 2. The van der Waals surface area contributed by atoms with Crippen LogP contribution in [0.4, 0.5) is 5.69 Å². The molecule has 0 spiro atoms. The van der Waals surface area contributed by atoms with Gasteiger partial charge in [-0.05, 0) is 61.4 Å². The molecule has 1 atom stereocenters. The Hall–Kier alpha value is -2.42. The summed E-state index contributed by atoms with van der Waals surface area (Å²) >= 11 is 5.90. The van der Waals surface area contributed by atoms with Gasteiger partial charge < -0.3 is 10.2 Å². The van der Waals surface area contributed by atoms with Crippen molar-refractivity contribution in [3.63, 3.8) is 0 Å². The molecule has 0 saturated carbocycles. The number of piperidine rings is 1. The molecule has 0 unspecified atom stereocenters. The van der Waals surface area contributed by atoms with E-state index in [1.54, 1.807) is 55.1 Å². The van der Waals surface area contributed by atoms with E-state index in [9.17, 15) is 18.0 Å². The number of anilines is 1. The first kappa shape index (κ1) is 24.2. The minimum absolute atomic E-state index is 0.120. The van der Waals surface area contributed by atoms with Gasteiger partial charge in [0.1, 0.15) is 0 Å². The fourth-order valence-corrected chi connectivity index (χ4v) is 5.40. The van der Waals surface area contributed by atoms with Gasteiger partial charge in [-0.1, -0.05) is 25.4 Å². The highest BCUT2D eigenvalue weighted by molar-refractivity contribution is 7.89. The number of likely N-dealkylation sites (tertiary alicyclic amines) is 1. The number of hydrogen-bond acceptors (Lipinski definition) is 4. The molecule has 1 heterocycles. The lowest BCUT2D eigenvalue weighted by atomic mass is 9.96. The Balaban J connectivity index is 1.64. The Morgan fingerprint density at radius 3 is 2.28 bits per heavy atom. The van der Waals surface area contributed by atoms with Crippen molar-refractivity contribution in [3.8, 4) is 0 Å². The summed E-state index contributed by atoms with van der Waals surface area (Å²) in [5.41, 5.74) is 1.06. The Kier molecular flexibility index (Phi) is 7.92. The van der Waals surface area contributed by atoms with Crippen LogP contribution in [0.5, 0.6) is 0 Å². The van der Waals surface area contributed by atoms with E-state index in [2.05, 4.69) is 5.32 Å². The van der Waals surface area contributed by atoms with Gasteiger partial charge in [0, 0.05) is 42.5 Å². The highest BCUT2D eigenvalue weighted by atomic mass is 35.5. The molecule has 1 aliphatic rings. The molecule has 32 heavy (non-hydrogen) atoms. The van der Waals surface area contributed by atoms with Gasteiger partial charge in [0.15, 0.2) is 0 Å². The zero-order valence-electron chi connectivity index (χ0n) is 18.3. The van der Waals surface area contributed by atoms with Gasteiger partial charge in [0.05, 0.1) is 10.8 Å². The van der Waals surface area contributed by atoms with Crippen molar-refractivity contribution in [2.24, 2.45) is 5.92 Å². The summed E-state index contributed by atoms with van der Waals surface area (Å²) < 4.78 is 26.6. The molecule has 1 fully saturated rings. The molecular weight excluding hydrogens is 450 g/mol. The van der Waals surface area contributed by atoms with Gasteiger partial charge in [-0.3, -0.25) is 9.59 Å². The van der Waals surface area contributed by atoms with Crippen molar-refractivity contribution in [3.05, 3.63) is 59.1 Å². The van der Waals surface area contributed by atoms with E-state index in [1.807, 2.05) is 0 Å². The van der Waals surface area contributed by atoms with Crippen molar-refractivity contribution in [1.29, 1.82) is 0 Å². The Bertz CT molecular complexity index is 1050. The fourth-order valence-electron chi connectivity index (χ4n) is 3.82. The fraction of sp³-hybridized carbons (Fsp3) is 0.391. The summed E-state index contributed by atoms with van der Waals surface area (Å²) in [5.74, 6) is -0.637. The number of carbonyl (C=O) groups is 2. The van der Waals surface area contributed by atoms with Crippen LogP contribution in [0.2, 0.25) is 5.02 Å². The first-order valence-electron chi connectivity index (χ1n) is 10.7. The molecule has 2 aromatic carbocycles. The number of halogens is 1. The summed E-state index contributed by atoms with van der Waals surface area (Å²) in [6, 6.07) is 12.9. The summed E-state index contributed by atoms with van der Waals surface area (Å²) in [5, 5.41) is 3.41. The van der Waals surface area contributed by atoms with E-state index in [4.69, 9.17) is 11.6 Å². The van der Waals surface area contributed by atoms with E-state index < -0.39 is 10.0 Å². The second-order valence-corrected chi connectivity index (χ2v) is 10.1. The number of sulfonamides is 1. The van der Waals surface area contributed by atoms with Gasteiger partial charge >= 0.3 is 0 Å². The van der Waals surface area contributed by atoms with Crippen LogP contribution in [0.25, 0.3) is 0 Å². The highest BCUT2D eigenvalue weighted by Gasteiger charge is 2.29. The Morgan fingerprint density at radius 2 is 1.69 bits per heavy atom. The van der Waals surface area contributed by atoms with Crippen molar-refractivity contribution in [2.75, 3.05) is 31.5 Å². The predicted octanol–water partition coefficient (Wildman–Crippen LogP) is 3.86. The number of hydrogen-bond donors (Lipinski definition) is 1. The number of benzene rings is 2. The molecule has 2 aromatic rings. The molecule has 172 valence electrons. The van der Waals surface area contributed by atoms with E-state index in [1.165, 1.54) is 16.4 Å². The third-order valence-corrected chi connectivity index (χ3v) is 7.95. The SMILES string of the molecule is CCN(CC)S(=O)(=O)c1ccc(NC(=O)[C@H]2CCCN(C(=O)c3ccc(Cl)cc3)C2)cc1. The van der Waals surface area contributed by atoms with Crippen molar-refractivity contribution in [2.45, 2.75) is 31.6 Å². The van der Waals surface area contributed by atoms with Crippen LogP contribution in [-0.2, 0) is 14.8 Å². The maximum absolute atomic E-state index is 12.8. The highest BCUT2D eigenvalue weighted by Crippen LogP contribution is 2.23. The Labute approximate surface area is 194 Å². The number of rotatable bonds is 7. The topological polar surface area (TPSA) is 86.8 Å². The molecule has 9 heteroatoms. The Morgan fingerprint density at radius 1 is 1.06 bits per heavy atom. The summed E-state index contributed by atoms with van der Waals surface area (Å²) in [4.78, 5) is 27.5.